The van der Waals surface area contributed by atoms with Gasteiger partial charge in [0.15, 0.2) is 0 Å². The fourth-order valence-electron chi connectivity index (χ4n) is 2.33. The van der Waals surface area contributed by atoms with Crippen molar-refractivity contribution in [3.63, 3.8) is 0 Å². The standard InChI is InChI=1S/C14H15N3O2S/c1-2-9-14(19)17(7-12(18)15-9)8-13-16-10-5-3-4-6-11(10)20-13/h3-6,9H,2,7-8H2,1H3,(H,15,18). The Hall–Kier alpha value is -1.95. The van der Waals surface area contributed by atoms with Gasteiger partial charge in [-0.15, -0.1) is 11.3 Å². The van der Waals surface area contributed by atoms with Crippen LogP contribution in [0.4, 0.5) is 0 Å². The number of carbonyl (C=O) groups excluding carboxylic acids is 2. The molecule has 0 aliphatic carbocycles. The summed E-state index contributed by atoms with van der Waals surface area (Å²) < 4.78 is 1.10. The summed E-state index contributed by atoms with van der Waals surface area (Å²) >= 11 is 1.57. The first-order valence-corrected chi connectivity index (χ1v) is 7.41. The maximum Gasteiger partial charge on any atom is 0.245 e. The van der Waals surface area contributed by atoms with E-state index in [-0.39, 0.29) is 18.4 Å². The SMILES string of the molecule is CCC1NC(=O)CN(Cc2nc3ccccc3s2)C1=O. The number of hydrogen-bond acceptors (Lipinski definition) is 4. The second-order valence-electron chi connectivity index (χ2n) is 4.80. The zero-order valence-electron chi connectivity index (χ0n) is 11.1. The van der Waals surface area contributed by atoms with Crippen LogP contribution in [0, 0.1) is 0 Å². The Balaban J connectivity index is 1.82. The molecular weight excluding hydrogens is 274 g/mol. The van der Waals surface area contributed by atoms with Crippen LogP contribution >= 0.6 is 11.3 Å². The number of hydrogen-bond donors (Lipinski definition) is 1. The summed E-state index contributed by atoms with van der Waals surface area (Å²) in [6.07, 6.45) is 0.612. The highest BCUT2D eigenvalue weighted by Crippen LogP contribution is 2.23. The lowest BCUT2D eigenvalue weighted by Crippen LogP contribution is -2.57. The fourth-order valence-corrected chi connectivity index (χ4v) is 3.32. The van der Waals surface area contributed by atoms with Crippen molar-refractivity contribution < 1.29 is 9.59 Å². The summed E-state index contributed by atoms with van der Waals surface area (Å²) in [5, 5.41) is 3.58. The molecule has 2 amide bonds. The quantitative estimate of drug-likeness (QED) is 0.932. The largest absolute Gasteiger partial charge is 0.343 e. The molecule has 104 valence electrons. The van der Waals surface area contributed by atoms with Gasteiger partial charge in [0, 0.05) is 0 Å². The molecule has 0 spiro atoms. The van der Waals surface area contributed by atoms with Gasteiger partial charge in [-0.1, -0.05) is 19.1 Å². The third kappa shape index (κ3) is 2.38. The molecule has 1 atom stereocenters. The van der Waals surface area contributed by atoms with Crippen LogP contribution in [-0.4, -0.2) is 34.3 Å². The van der Waals surface area contributed by atoms with Gasteiger partial charge in [0.25, 0.3) is 0 Å². The molecule has 0 radical (unpaired) electrons. The summed E-state index contributed by atoms with van der Waals surface area (Å²) in [6, 6.07) is 7.48. The summed E-state index contributed by atoms with van der Waals surface area (Å²) in [7, 11) is 0. The fraction of sp³-hybridized carbons (Fsp3) is 0.357. The first-order chi connectivity index (χ1) is 9.67. The Morgan fingerprint density at radius 1 is 1.40 bits per heavy atom. The van der Waals surface area contributed by atoms with Gasteiger partial charge in [0.1, 0.15) is 17.6 Å². The van der Waals surface area contributed by atoms with Crippen molar-refractivity contribution in [3.05, 3.63) is 29.3 Å². The number of rotatable bonds is 3. The monoisotopic (exact) mass is 289 g/mol. The molecule has 1 saturated heterocycles. The molecule has 6 heteroatoms. The number of thiazole rings is 1. The van der Waals surface area contributed by atoms with Crippen LogP contribution in [0.15, 0.2) is 24.3 Å². The van der Waals surface area contributed by atoms with E-state index in [2.05, 4.69) is 10.3 Å². The molecule has 5 nitrogen and oxygen atoms in total. The van der Waals surface area contributed by atoms with Gasteiger partial charge >= 0.3 is 0 Å². The maximum atomic E-state index is 12.2. The molecule has 2 heterocycles. The number of nitrogens with zero attached hydrogens (tertiary/aromatic N) is 2. The van der Waals surface area contributed by atoms with Gasteiger partial charge in [-0.3, -0.25) is 9.59 Å². The van der Waals surface area contributed by atoms with Crippen molar-refractivity contribution in [1.82, 2.24) is 15.2 Å². The number of piperazine rings is 1. The number of fused-ring (bicyclic) bond motifs is 1. The third-order valence-electron chi connectivity index (χ3n) is 3.35. The molecule has 3 rings (SSSR count). The highest BCUT2D eigenvalue weighted by molar-refractivity contribution is 7.18. The van der Waals surface area contributed by atoms with Gasteiger partial charge < -0.3 is 10.2 Å². The normalized spacial score (nSPS) is 19.4. The first kappa shape index (κ1) is 13.1. The molecule has 1 aliphatic rings. The van der Waals surface area contributed by atoms with E-state index < -0.39 is 6.04 Å². The molecule has 1 aromatic carbocycles. The van der Waals surface area contributed by atoms with Gasteiger partial charge in [-0.05, 0) is 18.6 Å². The lowest BCUT2D eigenvalue weighted by molar-refractivity contribution is -0.144. The van der Waals surface area contributed by atoms with E-state index in [4.69, 9.17) is 0 Å². The van der Waals surface area contributed by atoms with Crippen LogP contribution in [0.25, 0.3) is 10.2 Å². The van der Waals surface area contributed by atoms with Gasteiger partial charge in [-0.2, -0.15) is 0 Å². The molecule has 1 aliphatic heterocycles. The lowest BCUT2D eigenvalue weighted by atomic mass is 10.1. The zero-order valence-corrected chi connectivity index (χ0v) is 11.9. The van der Waals surface area contributed by atoms with E-state index in [0.29, 0.717) is 13.0 Å². The molecule has 1 aromatic heterocycles. The third-order valence-corrected chi connectivity index (χ3v) is 4.37. The van der Waals surface area contributed by atoms with Crippen molar-refractivity contribution >= 4 is 33.4 Å². The summed E-state index contributed by atoms with van der Waals surface area (Å²) in [5.74, 6) is -0.121. The van der Waals surface area contributed by atoms with E-state index in [1.807, 2.05) is 31.2 Å². The molecule has 0 bridgehead atoms. The van der Waals surface area contributed by atoms with E-state index in [9.17, 15) is 9.59 Å². The highest BCUT2D eigenvalue weighted by Gasteiger charge is 2.31. The Morgan fingerprint density at radius 2 is 2.20 bits per heavy atom. The van der Waals surface area contributed by atoms with Gasteiger partial charge in [-0.25, -0.2) is 4.98 Å². The molecular formula is C14H15N3O2S. The topological polar surface area (TPSA) is 62.3 Å². The lowest BCUT2D eigenvalue weighted by Gasteiger charge is -2.31. The number of carbonyl (C=O) groups is 2. The number of aromatic nitrogens is 1. The number of benzene rings is 1. The molecule has 0 saturated carbocycles. The van der Waals surface area contributed by atoms with Crippen LogP contribution in [0.3, 0.4) is 0 Å². The summed E-state index contributed by atoms with van der Waals surface area (Å²) in [4.78, 5) is 29.9. The van der Waals surface area contributed by atoms with Crippen LogP contribution in [-0.2, 0) is 16.1 Å². The molecule has 1 N–H and O–H groups in total. The molecule has 20 heavy (non-hydrogen) atoms. The smallest absolute Gasteiger partial charge is 0.245 e. The van der Waals surface area contributed by atoms with Crippen molar-refractivity contribution in [1.29, 1.82) is 0 Å². The molecule has 1 unspecified atom stereocenters. The average molecular weight is 289 g/mol. The summed E-state index contributed by atoms with van der Waals surface area (Å²) in [6.45, 7) is 2.41. The van der Waals surface area contributed by atoms with Crippen molar-refractivity contribution in [2.45, 2.75) is 25.9 Å². The maximum absolute atomic E-state index is 12.2. The predicted molar refractivity (Wildman–Crippen MR) is 77.3 cm³/mol. The van der Waals surface area contributed by atoms with E-state index >= 15 is 0 Å². The van der Waals surface area contributed by atoms with E-state index in [0.717, 1.165) is 15.2 Å². The van der Waals surface area contributed by atoms with Gasteiger partial charge in [0.2, 0.25) is 11.8 Å². The first-order valence-electron chi connectivity index (χ1n) is 6.60. The zero-order chi connectivity index (χ0) is 14.1. The highest BCUT2D eigenvalue weighted by atomic mass is 32.1. The van der Waals surface area contributed by atoms with Crippen molar-refractivity contribution in [2.75, 3.05) is 6.54 Å². The van der Waals surface area contributed by atoms with Gasteiger partial charge in [0.05, 0.1) is 16.8 Å². The minimum Gasteiger partial charge on any atom is -0.343 e. The molecule has 2 aromatic rings. The summed E-state index contributed by atoms with van der Waals surface area (Å²) in [5.41, 5.74) is 0.938. The van der Waals surface area contributed by atoms with Crippen LogP contribution in [0.5, 0.6) is 0 Å². The van der Waals surface area contributed by atoms with Crippen molar-refractivity contribution in [2.24, 2.45) is 0 Å². The average Bonchev–Trinajstić information content (AvgIpc) is 2.84. The van der Waals surface area contributed by atoms with Crippen molar-refractivity contribution in [3.8, 4) is 0 Å². The second kappa shape index (κ2) is 5.20. The van der Waals surface area contributed by atoms with Crippen LogP contribution < -0.4 is 5.32 Å². The van der Waals surface area contributed by atoms with Crippen LogP contribution in [0.2, 0.25) is 0 Å². The predicted octanol–water partition coefficient (Wildman–Crippen LogP) is 1.53. The minimum atomic E-state index is -0.398. The second-order valence-corrected chi connectivity index (χ2v) is 5.91. The number of nitrogens with one attached hydrogen (secondary N) is 1. The Morgan fingerprint density at radius 3 is 2.95 bits per heavy atom. The minimum absolute atomic E-state index is 0.0219. The Labute approximate surface area is 120 Å². The Kier molecular flexibility index (Phi) is 3.40. The van der Waals surface area contributed by atoms with E-state index in [1.54, 1.807) is 16.2 Å². The number of amides is 2. The Bertz CT molecular complexity index is 634. The van der Waals surface area contributed by atoms with Crippen LogP contribution in [0.1, 0.15) is 18.4 Å². The number of para-hydroxylation sites is 1. The van der Waals surface area contributed by atoms with E-state index in [1.165, 1.54) is 0 Å². The molecule has 1 fully saturated rings.